The van der Waals surface area contributed by atoms with Gasteiger partial charge in [0.2, 0.25) is 0 Å². The van der Waals surface area contributed by atoms with Crippen molar-refractivity contribution in [2.45, 2.75) is 24.7 Å². The van der Waals surface area contributed by atoms with Gasteiger partial charge in [-0.05, 0) is 60.1 Å². The molecule has 0 unspecified atom stereocenters. The van der Waals surface area contributed by atoms with E-state index >= 15 is 0 Å². The van der Waals surface area contributed by atoms with E-state index in [9.17, 15) is 10.2 Å². The number of hydrogen-bond acceptors (Lipinski definition) is 2. The van der Waals surface area contributed by atoms with Crippen molar-refractivity contribution in [3.05, 3.63) is 59.7 Å². The predicted molar refractivity (Wildman–Crippen MR) is 70.9 cm³/mol. The van der Waals surface area contributed by atoms with Crippen LogP contribution in [0.4, 0.5) is 0 Å². The first-order chi connectivity index (χ1) is 8.72. The fourth-order valence-corrected chi connectivity index (χ4v) is 2.66. The van der Waals surface area contributed by atoms with Crippen molar-refractivity contribution in [2.24, 2.45) is 0 Å². The lowest BCUT2D eigenvalue weighted by molar-refractivity contribution is 0.350. The Morgan fingerprint density at radius 3 is 1.28 bits per heavy atom. The van der Waals surface area contributed by atoms with Gasteiger partial charge < -0.3 is 10.2 Å². The van der Waals surface area contributed by atoms with Gasteiger partial charge in [0, 0.05) is 0 Å². The summed E-state index contributed by atoms with van der Waals surface area (Å²) in [6.07, 6.45) is 2.30. The molecule has 0 atom stereocenters. The highest BCUT2D eigenvalue weighted by Crippen LogP contribution is 2.47. The summed E-state index contributed by atoms with van der Waals surface area (Å²) < 4.78 is 0. The molecule has 92 valence electrons. The molecule has 3 rings (SSSR count). The van der Waals surface area contributed by atoms with Gasteiger partial charge in [0.15, 0.2) is 0 Å². The van der Waals surface area contributed by atoms with Crippen LogP contribution in [-0.2, 0) is 0 Å². The van der Waals surface area contributed by atoms with Crippen molar-refractivity contribution in [3.8, 4) is 11.5 Å². The van der Waals surface area contributed by atoms with Gasteiger partial charge in [0.1, 0.15) is 11.5 Å². The smallest absolute Gasteiger partial charge is 0.115 e. The van der Waals surface area contributed by atoms with Crippen molar-refractivity contribution in [1.82, 2.24) is 0 Å². The third-order valence-electron chi connectivity index (χ3n) is 3.87. The van der Waals surface area contributed by atoms with Crippen LogP contribution in [0.5, 0.6) is 11.5 Å². The van der Waals surface area contributed by atoms with Crippen molar-refractivity contribution in [1.29, 1.82) is 0 Å². The van der Waals surface area contributed by atoms with Crippen LogP contribution >= 0.6 is 0 Å². The largest absolute Gasteiger partial charge is 0.508 e. The molecule has 1 fully saturated rings. The first-order valence-electron chi connectivity index (χ1n) is 6.30. The van der Waals surface area contributed by atoms with Crippen LogP contribution in [0.3, 0.4) is 0 Å². The molecule has 0 saturated heterocycles. The summed E-state index contributed by atoms with van der Waals surface area (Å²) >= 11 is 0. The number of benzene rings is 2. The summed E-state index contributed by atoms with van der Waals surface area (Å²) in [5.74, 6) is 1.86. The quantitative estimate of drug-likeness (QED) is 0.839. The Labute approximate surface area is 107 Å². The highest BCUT2D eigenvalue weighted by atomic mass is 16.3. The molecule has 0 radical (unpaired) electrons. The van der Waals surface area contributed by atoms with Crippen LogP contribution in [0.25, 0.3) is 0 Å². The summed E-state index contributed by atoms with van der Waals surface area (Å²) in [5.41, 5.74) is 2.62. The number of rotatable bonds is 2. The van der Waals surface area contributed by atoms with Crippen molar-refractivity contribution in [2.75, 3.05) is 0 Å². The zero-order valence-corrected chi connectivity index (χ0v) is 10.1. The van der Waals surface area contributed by atoms with Crippen molar-refractivity contribution < 1.29 is 10.2 Å². The third-order valence-corrected chi connectivity index (χ3v) is 3.87. The Balaban J connectivity index is 1.66. The van der Waals surface area contributed by atoms with E-state index in [4.69, 9.17) is 0 Å². The molecule has 1 aliphatic carbocycles. The minimum Gasteiger partial charge on any atom is -0.508 e. The van der Waals surface area contributed by atoms with E-state index in [0.717, 1.165) is 12.8 Å². The van der Waals surface area contributed by atoms with Gasteiger partial charge in [-0.3, -0.25) is 0 Å². The second-order valence-corrected chi connectivity index (χ2v) is 5.05. The van der Waals surface area contributed by atoms with Crippen molar-refractivity contribution >= 4 is 0 Å². The molecule has 2 aromatic carbocycles. The zero-order chi connectivity index (χ0) is 12.5. The maximum absolute atomic E-state index is 9.26. The van der Waals surface area contributed by atoms with Crippen LogP contribution in [0.1, 0.15) is 35.8 Å². The number of phenolic OH excluding ortho intramolecular Hbond substituents is 2. The molecule has 1 aliphatic rings. The summed E-state index contributed by atoms with van der Waals surface area (Å²) in [6, 6.07) is 15.0. The lowest BCUT2D eigenvalue weighted by atomic mass is 9.68. The minimum absolute atomic E-state index is 0.327. The Morgan fingerprint density at radius 2 is 0.944 bits per heavy atom. The van der Waals surface area contributed by atoms with Crippen LogP contribution in [0.2, 0.25) is 0 Å². The molecular weight excluding hydrogens is 224 g/mol. The number of aromatic hydroxyl groups is 2. The van der Waals surface area contributed by atoms with E-state index in [1.165, 1.54) is 11.1 Å². The molecule has 0 spiro atoms. The molecule has 1 saturated carbocycles. The maximum Gasteiger partial charge on any atom is 0.115 e. The Hall–Kier alpha value is -1.96. The van der Waals surface area contributed by atoms with E-state index in [1.807, 2.05) is 24.3 Å². The molecule has 2 aromatic rings. The van der Waals surface area contributed by atoms with E-state index in [1.54, 1.807) is 24.3 Å². The van der Waals surface area contributed by atoms with E-state index in [-0.39, 0.29) is 0 Å². The molecule has 2 nitrogen and oxygen atoms in total. The second-order valence-electron chi connectivity index (χ2n) is 5.05. The Morgan fingerprint density at radius 1 is 0.611 bits per heavy atom. The van der Waals surface area contributed by atoms with Crippen LogP contribution in [-0.4, -0.2) is 10.2 Å². The zero-order valence-electron chi connectivity index (χ0n) is 10.1. The van der Waals surface area contributed by atoms with Crippen LogP contribution in [0.15, 0.2) is 48.5 Å². The molecule has 2 heteroatoms. The van der Waals surface area contributed by atoms with E-state index in [2.05, 4.69) is 0 Å². The molecule has 0 bridgehead atoms. The van der Waals surface area contributed by atoms with E-state index < -0.39 is 0 Å². The van der Waals surface area contributed by atoms with Crippen molar-refractivity contribution in [3.63, 3.8) is 0 Å². The number of hydrogen-bond donors (Lipinski definition) is 2. The monoisotopic (exact) mass is 240 g/mol. The predicted octanol–water partition coefficient (Wildman–Crippen LogP) is 3.76. The molecule has 0 heterocycles. The van der Waals surface area contributed by atoms with Crippen LogP contribution < -0.4 is 0 Å². The average molecular weight is 240 g/mol. The molecule has 0 aromatic heterocycles. The molecule has 2 N–H and O–H groups in total. The Bertz CT molecular complexity index is 473. The average Bonchev–Trinajstić information content (AvgIpc) is 2.32. The normalized spacial score (nSPS) is 22.4. The first kappa shape index (κ1) is 11.1. The van der Waals surface area contributed by atoms with Crippen LogP contribution in [0, 0.1) is 0 Å². The minimum atomic E-state index is 0.327. The molecule has 18 heavy (non-hydrogen) atoms. The third kappa shape index (κ3) is 2.06. The summed E-state index contributed by atoms with van der Waals surface area (Å²) in [6.45, 7) is 0. The van der Waals surface area contributed by atoms with Gasteiger partial charge in [-0.15, -0.1) is 0 Å². The standard InChI is InChI=1S/C16H16O2/c17-15-5-1-11(2-6-15)13-9-14(10-13)12-3-7-16(18)8-4-12/h1-8,13-14,17-18H,9-10H2. The highest BCUT2D eigenvalue weighted by molar-refractivity contribution is 5.34. The fraction of sp³-hybridized carbons (Fsp3) is 0.250. The molecule has 0 amide bonds. The maximum atomic E-state index is 9.26. The molecular formula is C16H16O2. The lowest BCUT2D eigenvalue weighted by Gasteiger charge is -2.36. The highest BCUT2D eigenvalue weighted by Gasteiger charge is 2.31. The van der Waals surface area contributed by atoms with E-state index in [0.29, 0.717) is 23.3 Å². The topological polar surface area (TPSA) is 40.5 Å². The number of phenols is 2. The van der Waals surface area contributed by atoms with Gasteiger partial charge in [0.25, 0.3) is 0 Å². The van der Waals surface area contributed by atoms with Gasteiger partial charge in [-0.1, -0.05) is 24.3 Å². The second kappa shape index (κ2) is 4.37. The summed E-state index contributed by atoms with van der Waals surface area (Å²) in [5, 5.41) is 18.5. The first-order valence-corrected chi connectivity index (χ1v) is 6.30. The molecule has 0 aliphatic heterocycles. The van der Waals surface area contributed by atoms with Gasteiger partial charge in [-0.25, -0.2) is 0 Å². The Kier molecular flexibility index (Phi) is 2.71. The van der Waals surface area contributed by atoms with Gasteiger partial charge in [-0.2, -0.15) is 0 Å². The SMILES string of the molecule is Oc1ccc(C2CC(c3ccc(O)cc3)C2)cc1. The fourth-order valence-electron chi connectivity index (χ4n) is 2.66. The lowest BCUT2D eigenvalue weighted by Crippen LogP contribution is -2.19. The summed E-state index contributed by atoms with van der Waals surface area (Å²) in [4.78, 5) is 0. The summed E-state index contributed by atoms with van der Waals surface area (Å²) in [7, 11) is 0. The van der Waals surface area contributed by atoms with Gasteiger partial charge in [0.05, 0.1) is 0 Å². The van der Waals surface area contributed by atoms with Gasteiger partial charge >= 0.3 is 0 Å².